The predicted octanol–water partition coefficient (Wildman–Crippen LogP) is 1.05. The number of hydrogen-bond donors (Lipinski definition) is 1. The van der Waals surface area contributed by atoms with Gasteiger partial charge in [-0.2, -0.15) is 4.91 Å². The number of allylic oxidation sites excluding steroid dienone is 4. The Morgan fingerprint density at radius 3 is 3.00 bits per heavy atom. The Morgan fingerprint density at radius 1 is 1.70 bits per heavy atom. The van der Waals surface area contributed by atoms with E-state index in [2.05, 4.69) is 5.09 Å². The van der Waals surface area contributed by atoms with Crippen molar-refractivity contribution in [1.29, 1.82) is 0 Å². The van der Waals surface area contributed by atoms with Crippen molar-refractivity contribution in [2.24, 2.45) is 5.09 Å². The zero-order valence-corrected chi connectivity index (χ0v) is 5.53. The second-order valence-corrected chi connectivity index (χ2v) is 2.19. The van der Waals surface area contributed by atoms with E-state index in [-0.39, 0.29) is 0 Å². The highest BCUT2D eigenvalue weighted by Crippen LogP contribution is 2.13. The Hall–Kier alpha value is -0.895. The van der Waals surface area contributed by atoms with Crippen LogP contribution in [0.25, 0.3) is 0 Å². The van der Waals surface area contributed by atoms with Crippen molar-refractivity contribution in [2.45, 2.75) is 12.8 Å². The molecule has 1 aliphatic rings. The summed E-state index contributed by atoms with van der Waals surface area (Å²) in [4.78, 5) is 9.84. The Kier molecular flexibility index (Phi) is 2.39. The lowest BCUT2D eigenvalue weighted by atomic mass is 9.71. The Balaban J connectivity index is 2.61. The largest absolute Gasteiger partial charge is 0.513 e. The van der Waals surface area contributed by atoms with Crippen LogP contribution in [0.4, 0.5) is 0 Å². The molecule has 4 heteroatoms. The minimum Gasteiger partial charge on any atom is -0.425 e. The average molecular weight is 137 g/mol. The lowest BCUT2D eigenvalue weighted by Gasteiger charge is -2.04. The molecule has 0 atom stereocenters. The van der Waals surface area contributed by atoms with Gasteiger partial charge in [0.15, 0.2) is 0 Å². The number of hydrogen-bond acceptors (Lipinski definition) is 3. The van der Waals surface area contributed by atoms with E-state index in [0.717, 1.165) is 12.8 Å². The maximum atomic E-state index is 9.84. The maximum Gasteiger partial charge on any atom is 0.513 e. The molecule has 0 saturated heterocycles. The molecule has 0 aliphatic heterocycles. The molecule has 0 unspecified atom stereocenters. The summed E-state index contributed by atoms with van der Waals surface area (Å²) in [6.45, 7) is 0. The number of rotatable bonds is 2. The first-order valence-electron chi connectivity index (χ1n) is 3.20. The first-order chi connectivity index (χ1) is 4.84. The lowest BCUT2D eigenvalue weighted by molar-refractivity contribution is 0.578. The molecule has 0 bridgehead atoms. The van der Waals surface area contributed by atoms with E-state index in [1.807, 2.05) is 12.2 Å². The summed E-state index contributed by atoms with van der Waals surface area (Å²) in [7, 11) is -1.13. The van der Waals surface area contributed by atoms with Crippen LogP contribution in [0.3, 0.4) is 0 Å². The van der Waals surface area contributed by atoms with E-state index in [0.29, 0.717) is 5.47 Å². The molecule has 3 nitrogen and oxygen atoms in total. The van der Waals surface area contributed by atoms with Crippen LogP contribution in [0.15, 0.2) is 28.8 Å². The Labute approximate surface area is 59.5 Å². The van der Waals surface area contributed by atoms with Gasteiger partial charge in [0.2, 0.25) is 0 Å². The summed E-state index contributed by atoms with van der Waals surface area (Å²) in [5.74, 6) is 0. The Morgan fingerprint density at radius 2 is 2.50 bits per heavy atom. The van der Waals surface area contributed by atoms with E-state index in [9.17, 15) is 4.91 Å². The molecule has 0 fully saturated rings. The lowest BCUT2D eigenvalue weighted by Crippen LogP contribution is -2.13. The molecule has 0 spiro atoms. The molecule has 0 radical (unpaired) electrons. The van der Waals surface area contributed by atoms with Crippen molar-refractivity contribution in [3.63, 3.8) is 0 Å². The molecule has 10 heavy (non-hydrogen) atoms. The van der Waals surface area contributed by atoms with Gasteiger partial charge in [0.05, 0.1) is 0 Å². The molecule has 0 aromatic heterocycles. The van der Waals surface area contributed by atoms with Crippen molar-refractivity contribution in [3.05, 3.63) is 28.6 Å². The van der Waals surface area contributed by atoms with Crippen LogP contribution in [0, 0.1) is 4.91 Å². The smallest absolute Gasteiger partial charge is 0.425 e. The van der Waals surface area contributed by atoms with Gasteiger partial charge < -0.3 is 5.02 Å². The van der Waals surface area contributed by atoms with Gasteiger partial charge in [0.1, 0.15) is 0 Å². The van der Waals surface area contributed by atoms with Gasteiger partial charge in [0, 0.05) is 0 Å². The molecule has 1 N–H and O–H groups in total. The van der Waals surface area contributed by atoms with Gasteiger partial charge in [-0.1, -0.05) is 23.3 Å². The molecule has 1 rings (SSSR count). The zero-order valence-electron chi connectivity index (χ0n) is 5.53. The first kappa shape index (κ1) is 7.21. The third-order valence-corrected chi connectivity index (χ3v) is 1.48. The van der Waals surface area contributed by atoms with Crippen LogP contribution < -0.4 is 0 Å². The standard InChI is InChI=1S/C6H8BNO2/c9-7(8-10)6-4-2-1-3-5-6/h1-2,4,9H,3,5H2. The molecule has 0 heterocycles. The summed E-state index contributed by atoms with van der Waals surface area (Å²) in [5.41, 5.74) is 0.706. The fraction of sp³-hybridized carbons (Fsp3) is 0.333. The number of nitroso groups, excluding NO2 is 1. The monoisotopic (exact) mass is 137 g/mol. The maximum absolute atomic E-state index is 9.84. The molecular formula is C6H8BNO2. The zero-order chi connectivity index (χ0) is 7.40. The van der Waals surface area contributed by atoms with Crippen LogP contribution in [0.2, 0.25) is 0 Å². The summed E-state index contributed by atoms with van der Waals surface area (Å²) in [5, 5.41) is 11.4. The highest BCUT2D eigenvalue weighted by molar-refractivity contribution is 6.57. The van der Waals surface area contributed by atoms with E-state index >= 15 is 0 Å². The molecule has 0 aromatic rings. The normalized spacial score (nSPS) is 16.3. The van der Waals surface area contributed by atoms with E-state index in [1.165, 1.54) is 0 Å². The summed E-state index contributed by atoms with van der Waals surface area (Å²) in [6.07, 6.45) is 7.17. The van der Waals surface area contributed by atoms with E-state index in [4.69, 9.17) is 5.02 Å². The second-order valence-electron chi connectivity index (χ2n) is 2.19. The van der Waals surface area contributed by atoms with Crippen LogP contribution in [-0.4, -0.2) is 12.1 Å². The Bertz CT molecular complexity index is 188. The van der Waals surface area contributed by atoms with Crippen LogP contribution in [-0.2, 0) is 0 Å². The number of nitrogens with zero attached hydrogens (tertiary/aromatic N) is 1. The molecule has 52 valence electrons. The van der Waals surface area contributed by atoms with Gasteiger partial charge in [-0.15, -0.1) is 0 Å². The SMILES string of the molecule is O=NB(O)C1=CC=CCC1. The predicted molar refractivity (Wildman–Crippen MR) is 40.2 cm³/mol. The van der Waals surface area contributed by atoms with Gasteiger partial charge in [0.25, 0.3) is 0 Å². The minimum atomic E-state index is -1.13. The topological polar surface area (TPSA) is 49.7 Å². The van der Waals surface area contributed by atoms with Gasteiger partial charge in [-0.25, -0.2) is 0 Å². The van der Waals surface area contributed by atoms with Gasteiger partial charge in [-0.05, 0) is 18.3 Å². The fourth-order valence-electron chi connectivity index (χ4n) is 0.904. The molecule has 0 aromatic carbocycles. The van der Waals surface area contributed by atoms with Crippen LogP contribution in [0.5, 0.6) is 0 Å². The third kappa shape index (κ3) is 1.54. The highest BCUT2D eigenvalue weighted by atomic mass is 16.3. The van der Waals surface area contributed by atoms with Crippen molar-refractivity contribution in [1.82, 2.24) is 0 Å². The van der Waals surface area contributed by atoms with E-state index in [1.54, 1.807) is 6.08 Å². The van der Waals surface area contributed by atoms with E-state index < -0.39 is 7.05 Å². The van der Waals surface area contributed by atoms with Crippen molar-refractivity contribution in [3.8, 4) is 0 Å². The van der Waals surface area contributed by atoms with Crippen LogP contribution >= 0.6 is 0 Å². The van der Waals surface area contributed by atoms with Crippen molar-refractivity contribution < 1.29 is 5.02 Å². The van der Waals surface area contributed by atoms with Gasteiger partial charge >= 0.3 is 7.05 Å². The van der Waals surface area contributed by atoms with Gasteiger partial charge in [-0.3, -0.25) is 0 Å². The van der Waals surface area contributed by atoms with Crippen molar-refractivity contribution >= 4 is 7.05 Å². The molecular weight excluding hydrogens is 129 g/mol. The first-order valence-corrected chi connectivity index (χ1v) is 3.20. The van der Waals surface area contributed by atoms with Crippen molar-refractivity contribution in [2.75, 3.05) is 0 Å². The van der Waals surface area contributed by atoms with Crippen LogP contribution in [0.1, 0.15) is 12.8 Å². The summed E-state index contributed by atoms with van der Waals surface area (Å²) >= 11 is 0. The quantitative estimate of drug-likeness (QED) is 0.456. The second kappa shape index (κ2) is 3.32. The average Bonchev–Trinajstić information content (AvgIpc) is 2.05. The molecule has 0 saturated carbocycles. The fourth-order valence-corrected chi connectivity index (χ4v) is 0.904. The minimum absolute atomic E-state index is 0.706. The highest BCUT2D eigenvalue weighted by Gasteiger charge is 2.18. The molecule has 0 amide bonds. The third-order valence-electron chi connectivity index (χ3n) is 1.48. The molecule has 1 aliphatic carbocycles. The summed E-state index contributed by atoms with van der Waals surface area (Å²) in [6, 6.07) is 0. The summed E-state index contributed by atoms with van der Waals surface area (Å²) < 4.78 is 0.